The molecular weight excluding hydrogens is 262 g/mol. The number of amides is 2. The van der Waals surface area contributed by atoms with Crippen molar-refractivity contribution in [2.75, 3.05) is 7.11 Å². The second-order valence-corrected chi connectivity index (χ2v) is 4.65. The fourth-order valence-corrected chi connectivity index (χ4v) is 2.22. The number of nitrogens with one attached hydrogen (secondary N) is 1. The van der Waals surface area contributed by atoms with Crippen LogP contribution in [0.3, 0.4) is 0 Å². The third-order valence-electron chi connectivity index (χ3n) is 3.28. The van der Waals surface area contributed by atoms with Gasteiger partial charge in [-0.1, -0.05) is 12.1 Å². The average molecular weight is 277 g/mol. The molecule has 6 heteroatoms. The van der Waals surface area contributed by atoms with Crippen molar-refractivity contribution in [3.8, 4) is 5.75 Å². The Morgan fingerprint density at radius 1 is 1.45 bits per heavy atom. The van der Waals surface area contributed by atoms with Crippen molar-refractivity contribution < 1.29 is 24.2 Å². The number of aromatic hydroxyl groups is 1. The van der Waals surface area contributed by atoms with Gasteiger partial charge in [0.1, 0.15) is 5.75 Å². The minimum atomic E-state index is -0.578. The van der Waals surface area contributed by atoms with Crippen molar-refractivity contribution >= 4 is 17.8 Å². The summed E-state index contributed by atoms with van der Waals surface area (Å²) in [4.78, 5) is 34.2. The zero-order chi connectivity index (χ0) is 14.7. The molecule has 1 aliphatic heterocycles. The highest BCUT2D eigenvalue weighted by Gasteiger charge is 2.30. The van der Waals surface area contributed by atoms with E-state index in [2.05, 4.69) is 10.1 Å². The number of esters is 1. The Hall–Kier alpha value is -2.37. The summed E-state index contributed by atoms with van der Waals surface area (Å²) in [5, 5.41) is 12.1. The average Bonchev–Trinajstić information content (AvgIpc) is 2.41. The molecule has 1 aromatic carbocycles. The van der Waals surface area contributed by atoms with Crippen LogP contribution in [0.15, 0.2) is 18.2 Å². The fraction of sp³-hybridized carbons (Fsp3) is 0.357. The van der Waals surface area contributed by atoms with Crippen LogP contribution in [0.25, 0.3) is 0 Å². The van der Waals surface area contributed by atoms with Crippen molar-refractivity contribution in [3.63, 3.8) is 0 Å². The third kappa shape index (κ3) is 2.96. The van der Waals surface area contributed by atoms with E-state index in [9.17, 15) is 19.5 Å². The molecule has 0 aromatic heterocycles. The summed E-state index contributed by atoms with van der Waals surface area (Å²) in [6.45, 7) is 0. The summed E-state index contributed by atoms with van der Waals surface area (Å²) in [6, 6.07) is 4.64. The first-order chi connectivity index (χ1) is 9.51. The van der Waals surface area contributed by atoms with Crippen LogP contribution in [0, 0.1) is 0 Å². The summed E-state index contributed by atoms with van der Waals surface area (Å²) < 4.78 is 4.58. The van der Waals surface area contributed by atoms with Crippen molar-refractivity contribution in [3.05, 3.63) is 29.3 Å². The molecule has 2 amide bonds. The van der Waals surface area contributed by atoms with Crippen molar-refractivity contribution in [1.29, 1.82) is 0 Å². The maximum absolute atomic E-state index is 11.8. The number of phenols is 1. The number of carbonyl (C=O) groups excluding carboxylic acids is 3. The maximum Gasteiger partial charge on any atom is 0.309 e. The predicted molar refractivity (Wildman–Crippen MR) is 69.0 cm³/mol. The van der Waals surface area contributed by atoms with Gasteiger partial charge >= 0.3 is 5.97 Å². The molecule has 1 atom stereocenters. The van der Waals surface area contributed by atoms with Gasteiger partial charge in [-0.15, -0.1) is 0 Å². The van der Waals surface area contributed by atoms with Crippen LogP contribution in [0.5, 0.6) is 5.75 Å². The van der Waals surface area contributed by atoms with E-state index >= 15 is 0 Å². The number of hydrogen-bond acceptors (Lipinski definition) is 5. The third-order valence-corrected chi connectivity index (χ3v) is 3.28. The molecule has 2 rings (SSSR count). The van der Waals surface area contributed by atoms with E-state index in [4.69, 9.17) is 0 Å². The Morgan fingerprint density at radius 2 is 2.20 bits per heavy atom. The monoisotopic (exact) mass is 277 g/mol. The normalized spacial score (nSPS) is 18.6. The number of ether oxygens (including phenoxy) is 1. The van der Waals surface area contributed by atoms with Gasteiger partial charge < -0.3 is 9.84 Å². The van der Waals surface area contributed by atoms with E-state index in [1.54, 1.807) is 12.1 Å². The van der Waals surface area contributed by atoms with Gasteiger partial charge in [-0.3, -0.25) is 19.7 Å². The molecule has 1 saturated heterocycles. The molecule has 1 fully saturated rings. The Kier molecular flexibility index (Phi) is 4.02. The van der Waals surface area contributed by atoms with Gasteiger partial charge in [0, 0.05) is 12.0 Å². The van der Waals surface area contributed by atoms with Crippen molar-refractivity contribution in [1.82, 2.24) is 5.32 Å². The maximum atomic E-state index is 11.8. The molecule has 0 aliphatic carbocycles. The SMILES string of the molecule is COC(=O)Cc1ccc(O)c(C2CCC(=O)NC2=O)c1. The molecule has 1 heterocycles. The highest BCUT2D eigenvalue weighted by Crippen LogP contribution is 2.32. The summed E-state index contributed by atoms with van der Waals surface area (Å²) in [5.74, 6) is -1.73. The van der Waals surface area contributed by atoms with Crippen molar-refractivity contribution in [2.45, 2.75) is 25.2 Å². The Balaban J connectivity index is 2.26. The molecule has 6 nitrogen and oxygen atoms in total. The van der Waals surface area contributed by atoms with E-state index in [1.807, 2.05) is 0 Å². The Morgan fingerprint density at radius 3 is 2.85 bits per heavy atom. The van der Waals surface area contributed by atoms with Crippen LogP contribution in [0.2, 0.25) is 0 Å². The van der Waals surface area contributed by atoms with Crippen LogP contribution in [0.4, 0.5) is 0 Å². The fourth-order valence-electron chi connectivity index (χ4n) is 2.22. The molecule has 1 unspecified atom stereocenters. The Bertz CT molecular complexity index is 567. The molecule has 0 radical (unpaired) electrons. The lowest BCUT2D eigenvalue weighted by molar-refractivity contribution is -0.140. The Labute approximate surface area is 115 Å². The van der Waals surface area contributed by atoms with Gasteiger partial charge in [-0.05, 0) is 18.1 Å². The second-order valence-electron chi connectivity index (χ2n) is 4.65. The van der Waals surface area contributed by atoms with E-state index in [0.29, 0.717) is 17.5 Å². The van der Waals surface area contributed by atoms with Crippen LogP contribution in [0.1, 0.15) is 29.9 Å². The molecule has 106 valence electrons. The summed E-state index contributed by atoms with van der Waals surface area (Å²) >= 11 is 0. The highest BCUT2D eigenvalue weighted by atomic mass is 16.5. The number of imide groups is 1. The van der Waals surface area contributed by atoms with E-state index in [1.165, 1.54) is 13.2 Å². The molecule has 20 heavy (non-hydrogen) atoms. The first-order valence-electron chi connectivity index (χ1n) is 6.23. The standard InChI is InChI=1S/C14H15NO5/c1-20-13(18)7-8-2-4-11(16)10(6-8)9-3-5-12(17)15-14(9)19/h2,4,6,9,16H,3,5,7H2,1H3,(H,15,17,19). The van der Waals surface area contributed by atoms with Gasteiger partial charge in [0.05, 0.1) is 19.4 Å². The molecule has 0 spiro atoms. The first kappa shape index (κ1) is 14.0. The number of rotatable bonds is 3. The number of hydrogen-bond donors (Lipinski definition) is 2. The minimum Gasteiger partial charge on any atom is -0.508 e. The molecule has 2 N–H and O–H groups in total. The zero-order valence-electron chi connectivity index (χ0n) is 11.0. The van der Waals surface area contributed by atoms with Gasteiger partial charge in [0.25, 0.3) is 0 Å². The number of carbonyl (C=O) groups is 3. The van der Waals surface area contributed by atoms with E-state index in [0.717, 1.165) is 0 Å². The largest absolute Gasteiger partial charge is 0.508 e. The van der Waals surface area contributed by atoms with Crippen LogP contribution in [-0.4, -0.2) is 30.0 Å². The van der Waals surface area contributed by atoms with Gasteiger partial charge in [0.15, 0.2) is 0 Å². The number of benzene rings is 1. The smallest absolute Gasteiger partial charge is 0.309 e. The lowest BCUT2D eigenvalue weighted by atomic mass is 9.88. The second kappa shape index (κ2) is 5.73. The quantitative estimate of drug-likeness (QED) is 0.624. The lowest BCUT2D eigenvalue weighted by Crippen LogP contribution is -2.39. The summed E-state index contributed by atoms with van der Waals surface area (Å²) in [6.07, 6.45) is 0.647. The molecular formula is C14H15NO5. The van der Waals surface area contributed by atoms with Gasteiger partial charge in [0.2, 0.25) is 11.8 Å². The topological polar surface area (TPSA) is 92.7 Å². The lowest BCUT2D eigenvalue weighted by Gasteiger charge is -2.22. The predicted octanol–water partition coefficient (Wildman–Crippen LogP) is 0.628. The van der Waals surface area contributed by atoms with Crippen LogP contribution in [-0.2, 0) is 25.5 Å². The van der Waals surface area contributed by atoms with Gasteiger partial charge in [-0.2, -0.15) is 0 Å². The van der Waals surface area contributed by atoms with Crippen LogP contribution >= 0.6 is 0 Å². The van der Waals surface area contributed by atoms with Crippen molar-refractivity contribution in [2.24, 2.45) is 0 Å². The van der Waals surface area contributed by atoms with E-state index < -0.39 is 17.8 Å². The molecule has 1 aromatic rings. The van der Waals surface area contributed by atoms with E-state index in [-0.39, 0.29) is 24.5 Å². The number of piperidine rings is 1. The molecule has 1 aliphatic rings. The first-order valence-corrected chi connectivity index (χ1v) is 6.23. The number of phenolic OH excluding ortho intramolecular Hbond substituents is 1. The van der Waals surface area contributed by atoms with Gasteiger partial charge in [-0.25, -0.2) is 0 Å². The summed E-state index contributed by atoms with van der Waals surface area (Å²) in [5.41, 5.74) is 1.07. The minimum absolute atomic E-state index is 0.0203. The zero-order valence-corrected chi connectivity index (χ0v) is 11.0. The molecule has 0 saturated carbocycles. The molecule has 0 bridgehead atoms. The van der Waals surface area contributed by atoms with Crippen LogP contribution < -0.4 is 5.32 Å². The number of methoxy groups -OCH3 is 1. The summed E-state index contributed by atoms with van der Waals surface area (Å²) in [7, 11) is 1.30. The highest BCUT2D eigenvalue weighted by molar-refractivity contribution is 6.01.